The summed E-state index contributed by atoms with van der Waals surface area (Å²) in [6, 6.07) is 15.5. The number of aryl methyl sites for hydroxylation is 1. The van der Waals surface area contributed by atoms with Crippen LogP contribution in [-0.4, -0.2) is 47.2 Å². The van der Waals surface area contributed by atoms with Crippen LogP contribution in [0.4, 0.5) is 0 Å². The summed E-state index contributed by atoms with van der Waals surface area (Å²) in [5.41, 5.74) is 3.50. The van der Waals surface area contributed by atoms with Gasteiger partial charge in [-0.25, -0.2) is 0 Å². The Kier molecular flexibility index (Phi) is 4.87. The van der Waals surface area contributed by atoms with E-state index in [2.05, 4.69) is 4.98 Å². The number of carbonyl (C=O) groups excluding carboxylic acids is 1. The molecule has 1 fully saturated rings. The van der Waals surface area contributed by atoms with Gasteiger partial charge in [-0.2, -0.15) is 0 Å². The second-order valence-electron chi connectivity index (χ2n) is 8.15. The van der Waals surface area contributed by atoms with Crippen molar-refractivity contribution in [2.24, 2.45) is 5.92 Å². The number of amides is 1. The number of pyridine rings is 1. The lowest BCUT2D eigenvalue weighted by Crippen LogP contribution is -2.29. The van der Waals surface area contributed by atoms with Crippen LogP contribution in [0, 0.1) is 12.8 Å². The van der Waals surface area contributed by atoms with Gasteiger partial charge in [0.1, 0.15) is 11.3 Å². The fourth-order valence-electron chi connectivity index (χ4n) is 4.52. The third-order valence-corrected chi connectivity index (χ3v) is 6.25. The number of hydrogen-bond acceptors (Lipinski definition) is 5. The van der Waals surface area contributed by atoms with Crippen LogP contribution in [0.15, 0.2) is 59.1 Å². The first-order chi connectivity index (χ1) is 15.0. The number of fused-ring (bicyclic) bond motifs is 2. The van der Waals surface area contributed by atoms with Crippen molar-refractivity contribution in [1.29, 1.82) is 0 Å². The molecule has 31 heavy (non-hydrogen) atoms. The summed E-state index contributed by atoms with van der Waals surface area (Å²) in [5, 5.41) is 12.7. The molecule has 2 aromatic heterocycles. The highest BCUT2D eigenvalue weighted by atomic mass is 16.5. The van der Waals surface area contributed by atoms with Gasteiger partial charge in [0.25, 0.3) is 5.91 Å². The zero-order valence-electron chi connectivity index (χ0n) is 17.5. The van der Waals surface area contributed by atoms with E-state index >= 15 is 0 Å². The molecule has 0 saturated carbocycles. The SMILES string of the molecule is COc1ccc2c(C)c(C(=O)N3C[C@@H](Cc4ccnc5ccccc45)[C@@H](O)C3)oc2c1. The smallest absolute Gasteiger partial charge is 0.289 e. The van der Waals surface area contributed by atoms with Gasteiger partial charge in [0.05, 0.1) is 18.7 Å². The normalized spacial score (nSPS) is 18.7. The number of benzene rings is 2. The van der Waals surface area contributed by atoms with Crippen molar-refractivity contribution in [1.82, 2.24) is 9.88 Å². The van der Waals surface area contributed by atoms with E-state index in [1.165, 1.54) is 0 Å². The molecule has 1 N–H and O–H groups in total. The molecule has 1 aliphatic heterocycles. The Labute approximate surface area is 180 Å². The Bertz CT molecular complexity index is 1270. The van der Waals surface area contributed by atoms with Gasteiger partial charge in [-0.05, 0) is 43.2 Å². The van der Waals surface area contributed by atoms with Crippen LogP contribution in [0.2, 0.25) is 0 Å². The molecule has 0 radical (unpaired) electrons. The maximum absolute atomic E-state index is 13.2. The van der Waals surface area contributed by atoms with Gasteiger partial charge in [-0.1, -0.05) is 18.2 Å². The minimum absolute atomic E-state index is 0.0421. The van der Waals surface area contributed by atoms with Crippen LogP contribution in [0.3, 0.4) is 0 Å². The molecular weight excluding hydrogens is 392 g/mol. The average molecular weight is 416 g/mol. The molecule has 5 rings (SSSR count). The molecule has 3 heterocycles. The first-order valence-corrected chi connectivity index (χ1v) is 10.4. The summed E-state index contributed by atoms with van der Waals surface area (Å²) in [4.78, 5) is 19.3. The Morgan fingerprint density at radius 1 is 1.19 bits per heavy atom. The predicted octanol–water partition coefficient (Wildman–Crippen LogP) is 3.97. The van der Waals surface area contributed by atoms with E-state index in [-0.39, 0.29) is 11.8 Å². The summed E-state index contributed by atoms with van der Waals surface area (Å²) < 4.78 is 11.2. The second-order valence-corrected chi connectivity index (χ2v) is 8.15. The third kappa shape index (κ3) is 3.43. The van der Waals surface area contributed by atoms with E-state index in [4.69, 9.17) is 9.15 Å². The monoisotopic (exact) mass is 416 g/mol. The van der Waals surface area contributed by atoms with Crippen LogP contribution >= 0.6 is 0 Å². The number of likely N-dealkylation sites (tertiary alicyclic amines) is 1. The standard InChI is InChI=1S/C25H24N2O4/c1-15-19-8-7-18(30-2)12-23(19)31-24(15)25(29)27-13-17(22(28)14-27)11-16-9-10-26-21-6-4-3-5-20(16)21/h3-10,12,17,22,28H,11,13-14H2,1-2H3/t17-,22+/m1/s1. The highest BCUT2D eigenvalue weighted by Crippen LogP contribution is 2.31. The number of ether oxygens (including phenoxy) is 1. The molecule has 4 aromatic rings. The highest BCUT2D eigenvalue weighted by molar-refractivity contribution is 5.99. The molecule has 1 aliphatic rings. The Morgan fingerprint density at radius 2 is 2.03 bits per heavy atom. The number of furan rings is 1. The third-order valence-electron chi connectivity index (χ3n) is 6.25. The quantitative estimate of drug-likeness (QED) is 0.545. The van der Waals surface area contributed by atoms with Gasteiger partial charge < -0.3 is 19.2 Å². The molecule has 1 amide bonds. The van der Waals surface area contributed by atoms with Crippen LogP contribution in [0.5, 0.6) is 5.75 Å². The molecule has 2 aromatic carbocycles. The van der Waals surface area contributed by atoms with E-state index in [0.717, 1.165) is 27.4 Å². The minimum Gasteiger partial charge on any atom is -0.497 e. The van der Waals surface area contributed by atoms with Gasteiger partial charge in [0, 0.05) is 47.6 Å². The highest BCUT2D eigenvalue weighted by Gasteiger charge is 2.36. The first-order valence-electron chi connectivity index (χ1n) is 10.4. The Morgan fingerprint density at radius 3 is 2.87 bits per heavy atom. The number of carbonyl (C=O) groups is 1. The second kappa shape index (κ2) is 7.71. The van der Waals surface area contributed by atoms with E-state index in [9.17, 15) is 9.90 Å². The van der Waals surface area contributed by atoms with Crippen LogP contribution in [0.1, 0.15) is 21.7 Å². The molecule has 0 aliphatic carbocycles. The number of hydrogen-bond donors (Lipinski definition) is 1. The number of aromatic nitrogens is 1. The van der Waals surface area contributed by atoms with Crippen molar-refractivity contribution in [3.8, 4) is 5.75 Å². The number of nitrogens with zero attached hydrogens (tertiary/aromatic N) is 2. The maximum Gasteiger partial charge on any atom is 0.289 e. The number of rotatable bonds is 4. The summed E-state index contributed by atoms with van der Waals surface area (Å²) >= 11 is 0. The summed E-state index contributed by atoms with van der Waals surface area (Å²) in [6.07, 6.45) is 1.90. The lowest BCUT2D eigenvalue weighted by Gasteiger charge is -2.16. The lowest BCUT2D eigenvalue weighted by atomic mass is 9.94. The van der Waals surface area contributed by atoms with Crippen molar-refractivity contribution in [3.05, 3.63) is 71.6 Å². The van der Waals surface area contributed by atoms with Gasteiger partial charge in [0.15, 0.2) is 5.76 Å². The summed E-state index contributed by atoms with van der Waals surface area (Å²) in [6.45, 7) is 2.67. The van der Waals surface area contributed by atoms with E-state index in [0.29, 0.717) is 36.6 Å². The Balaban J connectivity index is 1.38. The Hall–Kier alpha value is -3.38. The molecule has 2 atom stereocenters. The van der Waals surface area contributed by atoms with Crippen molar-refractivity contribution in [2.75, 3.05) is 20.2 Å². The molecule has 158 valence electrons. The molecule has 6 nitrogen and oxygen atoms in total. The molecule has 0 spiro atoms. The fraction of sp³-hybridized carbons (Fsp3) is 0.280. The maximum atomic E-state index is 13.2. The van der Waals surface area contributed by atoms with Gasteiger partial charge in [0.2, 0.25) is 0 Å². The number of methoxy groups -OCH3 is 1. The molecule has 1 saturated heterocycles. The molecular formula is C25H24N2O4. The van der Waals surface area contributed by atoms with Crippen molar-refractivity contribution >= 4 is 27.8 Å². The topological polar surface area (TPSA) is 75.8 Å². The predicted molar refractivity (Wildman–Crippen MR) is 118 cm³/mol. The molecule has 6 heteroatoms. The van der Waals surface area contributed by atoms with E-state index < -0.39 is 6.10 Å². The molecule has 0 bridgehead atoms. The minimum atomic E-state index is -0.583. The van der Waals surface area contributed by atoms with Gasteiger partial charge in [-0.15, -0.1) is 0 Å². The fourth-order valence-corrected chi connectivity index (χ4v) is 4.52. The van der Waals surface area contributed by atoms with Crippen molar-refractivity contribution in [3.63, 3.8) is 0 Å². The zero-order valence-corrected chi connectivity index (χ0v) is 17.5. The number of aliphatic hydroxyl groups is 1. The van der Waals surface area contributed by atoms with Crippen LogP contribution < -0.4 is 4.74 Å². The number of aliphatic hydroxyl groups excluding tert-OH is 1. The summed E-state index contributed by atoms with van der Waals surface area (Å²) in [7, 11) is 1.60. The number of para-hydroxylation sites is 1. The van der Waals surface area contributed by atoms with Gasteiger partial charge in [-0.3, -0.25) is 9.78 Å². The van der Waals surface area contributed by atoms with E-state index in [1.807, 2.05) is 49.4 Å². The summed E-state index contributed by atoms with van der Waals surface area (Å²) in [5.74, 6) is 0.778. The lowest BCUT2D eigenvalue weighted by molar-refractivity contribution is 0.0735. The largest absolute Gasteiger partial charge is 0.497 e. The van der Waals surface area contributed by atoms with Crippen molar-refractivity contribution in [2.45, 2.75) is 19.4 Å². The van der Waals surface area contributed by atoms with Crippen LogP contribution in [0.25, 0.3) is 21.9 Å². The van der Waals surface area contributed by atoms with E-state index in [1.54, 1.807) is 24.3 Å². The van der Waals surface area contributed by atoms with Crippen LogP contribution in [-0.2, 0) is 6.42 Å². The first kappa shape index (κ1) is 19.6. The molecule has 0 unspecified atom stereocenters. The zero-order chi connectivity index (χ0) is 21.5. The van der Waals surface area contributed by atoms with Crippen molar-refractivity contribution < 1.29 is 19.1 Å². The number of β-amino-alcohol motifs (C(OH)–C–C–N with tert-alkyl or cyclic N) is 1. The average Bonchev–Trinajstić information content (AvgIpc) is 3.33. The van der Waals surface area contributed by atoms with Gasteiger partial charge >= 0.3 is 0 Å².